The van der Waals surface area contributed by atoms with Gasteiger partial charge in [0, 0.05) is 35.5 Å². The van der Waals surface area contributed by atoms with Crippen molar-refractivity contribution in [3.63, 3.8) is 0 Å². The normalized spacial score (nSPS) is 18.2. The first-order valence-electron chi connectivity index (χ1n) is 5.46. The summed E-state index contributed by atoms with van der Waals surface area (Å²) in [6, 6.07) is 0. The molecule has 16 heavy (non-hydrogen) atoms. The molecule has 0 radical (unpaired) electrons. The van der Waals surface area contributed by atoms with Gasteiger partial charge in [-0.3, -0.25) is 9.59 Å². The van der Waals surface area contributed by atoms with Crippen LogP contribution in [0.3, 0.4) is 0 Å². The van der Waals surface area contributed by atoms with Gasteiger partial charge in [0.25, 0.3) is 0 Å². The molecule has 0 fully saturated rings. The van der Waals surface area contributed by atoms with Gasteiger partial charge in [-0.05, 0) is 27.7 Å². The van der Waals surface area contributed by atoms with E-state index >= 15 is 0 Å². The molecule has 3 nitrogen and oxygen atoms in total. The number of hydrogen-bond donors (Lipinski definition) is 0. The van der Waals surface area contributed by atoms with Crippen LogP contribution in [0.5, 0.6) is 0 Å². The van der Waals surface area contributed by atoms with E-state index < -0.39 is 0 Å². The van der Waals surface area contributed by atoms with E-state index in [0.29, 0.717) is 0 Å². The average Bonchev–Trinajstić information content (AvgIpc) is 2.13. The molecule has 1 aliphatic heterocycles. The van der Waals surface area contributed by atoms with E-state index in [0.717, 1.165) is 22.5 Å². The summed E-state index contributed by atoms with van der Waals surface area (Å²) in [6.45, 7) is 8.89. The Morgan fingerprint density at radius 1 is 1.00 bits per heavy atom. The maximum absolute atomic E-state index is 11.6. The summed E-state index contributed by atoms with van der Waals surface area (Å²) in [6.07, 6.45) is 0. The van der Waals surface area contributed by atoms with Crippen molar-refractivity contribution in [2.75, 3.05) is 7.05 Å². The molecule has 0 unspecified atom stereocenters. The van der Waals surface area contributed by atoms with Crippen molar-refractivity contribution in [1.82, 2.24) is 4.90 Å². The average molecular weight is 221 g/mol. The third kappa shape index (κ3) is 1.82. The zero-order chi connectivity index (χ0) is 12.6. The lowest BCUT2D eigenvalue weighted by atomic mass is 9.83. The highest BCUT2D eigenvalue weighted by molar-refractivity contribution is 6.01. The Bertz CT molecular complexity index is 378. The number of Topliss-reactive ketones (excluding diaryl/α,β-unsaturated/α-hetero) is 2. The van der Waals surface area contributed by atoms with Gasteiger partial charge in [0.1, 0.15) is 0 Å². The lowest BCUT2D eigenvalue weighted by molar-refractivity contribution is -0.114. The number of carbonyl (C=O) groups is 2. The first-order chi connectivity index (χ1) is 7.29. The SMILES string of the molecule is CC(=O)C1=C(C)N(C)C(C)=C(C(C)=O)C1C. The second-order valence-electron chi connectivity index (χ2n) is 4.39. The van der Waals surface area contributed by atoms with E-state index in [2.05, 4.69) is 0 Å². The standard InChI is InChI=1S/C13H19NO2/c1-7-12(10(4)15)8(2)14(6)9(3)13(7)11(5)16/h7H,1-6H3. The Labute approximate surface area is 96.8 Å². The molecule has 0 N–H and O–H groups in total. The Morgan fingerprint density at radius 3 is 1.56 bits per heavy atom. The lowest BCUT2D eigenvalue weighted by Crippen LogP contribution is -2.30. The molecule has 0 aliphatic carbocycles. The summed E-state index contributed by atoms with van der Waals surface area (Å²) < 4.78 is 0. The molecule has 88 valence electrons. The number of rotatable bonds is 2. The van der Waals surface area contributed by atoms with Crippen LogP contribution in [0.1, 0.15) is 34.6 Å². The van der Waals surface area contributed by atoms with Crippen molar-refractivity contribution in [2.45, 2.75) is 34.6 Å². The number of ketones is 2. The van der Waals surface area contributed by atoms with Crippen LogP contribution < -0.4 is 0 Å². The molecule has 0 aromatic carbocycles. The quantitative estimate of drug-likeness (QED) is 0.718. The van der Waals surface area contributed by atoms with Gasteiger partial charge in [0.15, 0.2) is 11.6 Å². The van der Waals surface area contributed by atoms with Crippen molar-refractivity contribution in [3.8, 4) is 0 Å². The topological polar surface area (TPSA) is 37.4 Å². The lowest BCUT2D eigenvalue weighted by Gasteiger charge is -2.34. The highest BCUT2D eigenvalue weighted by Crippen LogP contribution is 2.34. The summed E-state index contributed by atoms with van der Waals surface area (Å²) >= 11 is 0. The van der Waals surface area contributed by atoms with E-state index in [9.17, 15) is 9.59 Å². The first kappa shape index (κ1) is 12.7. The van der Waals surface area contributed by atoms with Gasteiger partial charge < -0.3 is 4.90 Å². The Hall–Kier alpha value is -1.38. The Balaban J connectivity index is 3.38. The maximum Gasteiger partial charge on any atom is 0.158 e. The Morgan fingerprint density at radius 2 is 1.31 bits per heavy atom. The Kier molecular flexibility index (Phi) is 3.36. The van der Waals surface area contributed by atoms with Crippen LogP contribution in [0.2, 0.25) is 0 Å². The largest absolute Gasteiger partial charge is 0.351 e. The van der Waals surface area contributed by atoms with Gasteiger partial charge in [-0.15, -0.1) is 0 Å². The van der Waals surface area contributed by atoms with Crippen LogP contribution in [0.4, 0.5) is 0 Å². The second kappa shape index (κ2) is 4.24. The molecule has 1 aliphatic rings. The van der Waals surface area contributed by atoms with Gasteiger partial charge >= 0.3 is 0 Å². The first-order valence-corrected chi connectivity index (χ1v) is 5.46. The minimum absolute atomic E-state index is 0.0445. The minimum atomic E-state index is -0.0915. The number of nitrogens with zero attached hydrogens (tertiary/aromatic N) is 1. The predicted octanol–water partition coefficient (Wildman–Crippen LogP) is 2.29. The summed E-state index contributed by atoms with van der Waals surface area (Å²) in [5.74, 6) is -0.00241. The molecule has 0 spiro atoms. The molecule has 0 bridgehead atoms. The van der Waals surface area contributed by atoms with Gasteiger partial charge in [-0.2, -0.15) is 0 Å². The molecule has 3 heteroatoms. The van der Waals surface area contributed by atoms with Crippen molar-refractivity contribution in [3.05, 3.63) is 22.5 Å². The van der Waals surface area contributed by atoms with Gasteiger partial charge in [-0.1, -0.05) is 6.92 Å². The predicted molar refractivity (Wildman–Crippen MR) is 63.7 cm³/mol. The van der Waals surface area contributed by atoms with Crippen LogP contribution >= 0.6 is 0 Å². The molecular weight excluding hydrogens is 202 g/mol. The molecule has 1 heterocycles. The number of hydrogen-bond acceptors (Lipinski definition) is 3. The third-order valence-electron chi connectivity index (χ3n) is 3.41. The van der Waals surface area contributed by atoms with Gasteiger partial charge in [0.2, 0.25) is 0 Å². The maximum atomic E-state index is 11.6. The smallest absolute Gasteiger partial charge is 0.158 e. The number of allylic oxidation sites excluding steroid dienone is 4. The molecule has 0 aromatic heterocycles. The molecular formula is C13H19NO2. The molecule has 0 aromatic rings. The molecule has 0 saturated carbocycles. The van der Waals surface area contributed by atoms with Crippen molar-refractivity contribution >= 4 is 11.6 Å². The minimum Gasteiger partial charge on any atom is -0.351 e. The summed E-state index contributed by atoms with van der Waals surface area (Å²) in [4.78, 5) is 25.2. The molecule has 1 rings (SSSR count). The molecule has 0 saturated heterocycles. The van der Waals surface area contributed by atoms with Crippen LogP contribution in [0.25, 0.3) is 0 Å². The number of carbonyl (C=O) groups excluding carboxylic acids is 2. The zero-order valence-corrected chi connectivity index (χ0v) is 10.8. The van der Waals surface area contributed by atoms with E-state index in [-0.39, 0.29) is 17.5 Å². The summed E-state index contributed by atoms with van der Waals surface area (Å²) in [5, 5.41) is 0. The van der Waals surface area contributed by atoms with Crippen LogP contribution in [-0.4, -0.2) is 23.5 Å². The summed E-state index contributed by atoms with van der Waals surface area (Å²) in [7, 11) is 1.89. The fourth-order valence-corrected chi connectivity index (χ4v) is 2.50. The zero-order valence-electron chi connectivity index (χ0n) is 10.8. The van der Waals surface area contributed by atoms with Crippen molar-refractivity contribution in [2.24, 2.45) is 5.92 Å². The van der Waals surface area contributed by atoms with E-state index in [1.165, 1.54) is 0 Å². The van der Waals surface area contributed by atoms with E-state index in [1.54, 1.807) is 13.8 Å². The fourth-order valence-electron chi connectivity index (χ4n) is 2.50. The van der Waals surface area contributed by atoms with Gasteiger partial charge in [0.05, 0.1) is 0 Å². The fraction of sp³-hybridized carbons (Fsp3) is 0.538. The van der Waals surface area contributed by atoms with E-state index in [1.807, 2.05) is 32.7 Å². The summed E-state index contributed by atoms with van der Waals surface area (Å²) in [5.41, 5.74) is 3.39. The van der Waals surface area contributed by atoms with Crippen LogP contribution in [-0.2, 0) is 9.59 Å². The van der Waals surface area contributed by atoms with Crippen molar-refractivity contribution in [1.29, 1.82) is 0 Å². The van der Waals surface area contributed by atoms with Crippen molar-refractivity contribution < 1.29 is 9.59 Å². The monoisotopic (exact) mass is 221 g/mol. The molecule has 0 atom stereocenters. The van der Waals surface area contributed by atoms with E-state index in [4.69, 9.17) is 0 Å². The van der Waals surface area contributed by atoms with Crippen LogP contribution in [0, 0.1) is 5.92 Å². The highest BCUT2D eigenvalue weighted by atomic mass is 16.1. The van der Waals surface area contributed by atoms with Crippen LogP contribution in [0.15, 0.2) is 22.5 Å². The molecule has 0 amide bonds. The highest BCUT2D eigenvalue weighted by Gasteiger charge is 2.30. The third-order valence-corrected chi connectivity index (χ3v) is 3.41. The second-order valence-corrected chi connectivity index (χ2v) is 4.39. The van der Waals surface area contributed by atoms with Gasteiger partial charge in [-0.25, -0.2) is 0 Å².